The highest BCUT2D eigenvalue weighted by Gasteiger charge is 2.36. The summed E-state index contributed by atoms with van der Waals surface area (Å²) in [6, 6.07) is 1.45. The molecule has 0 heterocycles. The summed E-state index contributed by atoms with van der Waals surface area (Å²) in [5, 5.41) is 3.65. The van der Waals surface area contributed by atoms with Crippen LogP contribution in [0, 0.1) is 5.92 Å². The van der Waals surface area contributed by atoms with Crippen molar-refractivity contribution in [3.8, 4) is 0 Å². The molecule has 188 valence electrons. The van der Waals surface area contributed by atoms with E-state index < -0.39 is 8.80 Å². The normalized spacial score (nSPS) is 14.1. The summed E-state index contributed by atoms with van der Waals surface area (Å²) >= 11 is 0. The SMILES string of the molecule is CCCCCCCCCCCCCC(C)CCCC(C)NCCC[Si](OC)(OC)OC. The Kier molecular flexibility index (Phi) is 21.9. The van der Waals surface area contributed by atoms with Crippen molar-refractivity contribution in [3.63, 3.8) is 0 Å². The first-order valence-electron chi connectivity index (χ1n) is 13.4. The number of rotatable bonds is 24. The first kappa shape index (κ1) is 31.1. The maximum Gasteiger partial charge on any atom is 0.500 e. The molecular weight excluding hydrogens is 402 g/mol. The smallest absolute Gasteiger partial charge is 0.377 e. The van der Waals surface area contributed by atoms with Crippen LogP contribution in [0.15, 0.2) is 0 Å². The van der Waals surface area contributed by atoms with E-state index in [1.54, 1.807) is 21.3 Å². The van der Waals surface area contributed by atoms with Crippen LogP contribution in [0.4, 0.5) is 0 Å². The van der Waals surface area contributed by atoms with E-state index in [-0.39, 0.29) is 0 Å². The molecule has 2 atom stereocenters. The summed E-state index contributed by atoms with van der Waals surface area (Å²) in [7, 11) is 2.66. The van der Waals surface area contributed by atoms with Crippen LogP contribution >= 0.6 is 0 Å². The monoisotopic (exact) mass is 459 g/mol. The van der Waals surface area contributed by atoms with Gasteiger partial charge in [0.2, 0.25) is 0 Å². The van der Waals surface area contributed by atoms with E-state index in [1.807, 2.05) is 0 Å². The Bertz CT molecular complexity index is 358. The average Bonchev–Trinajstić information content (AvgIpc) is 2.78. The molecule has 0 saturated carbocycles. The second-order valence-electron chi connectivity index (χ2n) is 9.61. The first-order valence-corrected chi connectivity index (χ1v) is 15.4. The van der Waals surface area contributed by atoms with Gasteiger partial charge in [-0.15, -0.1) is 0 Å². The Morgan fingerprint density at radius 2 is 1.10 bits per heavy atom. The molecule has 0 bridgehead atoms. The number of unbranched alkanes of at least 4 members (excludes halogenated alkanes) is 10. The minimum absolute atomic E-state index is 0.581. The highest BCUT2D eigenvalue weighted by molar-refractivity contribution is 6.60. The molecule has 0 aliphatic heterocycles. The van der Waals surface area contributed by atoms with Gasteiger partial charge in [0.15, 0.2) is 0 Å². The van der Waals surface area contributed by atoms with Crippen LogP contribution in [-0.2, 0) is 13.3 Å². The van der Waals surface area contributed by atoms with Crippen molar-refractivity contribution in [3.05, 3.63) is 0 Å². The van der Waals surface area contributed by atoms with Crippen LogP contribution in [-0.4, -0.2) is 42.7 Å². The predicted molar refractivity (Wildman–Crippen MR) is 138 cm³/mol. The summed E-state index contributed by atoms with van der Waals surface area (Å²) in [6.45, 7) is 8.04. The molecule has 0 amide bonds. The lowest BCUT2D eigenvalue weighted by atomic mass is 9.95. The molecule has 2 unspecified atom stereocenters. The third-order valence-electron chi connectivity index (χ3n) is 6.72. The largest absolute Gasteiger partial charge is 0.500 e. The summed E-state index contributed by atoms with van der Waals surface area (Å²) in [4.78, 5) is 0. The number of nitrogens with one attached hydrogen (secondary N) is 1. The van der Waals surface area contributed by atoms with E-state index in [1.165, 1.54) is 96.3 Å². The zero-order chi connectivity index (χ0) is 23.2. The molecule has 1 N–H and O–H groups in total. The van der Waals surface area contributed by atoms with E-state index in [0.717, 1.165) is 24.9 Å². The van der Waals surface area contributed by atoms with Crippen molar-refractivity contribution < 1.29 is 13.3 Å². The maximum absolute atomic E-state index is 5.48. The van der Waals surface area contributed by atoms with Crippen molar-refractivity contribution >= 4 is 8.80 Å². The Hall–Kier alpha value is 0.0569. The van der Waals surface area contributed by atoms with Gasteiger partial charge in [0, 0.05) is 33.4 Å². The fraction of sp³-hybridized carbons (Fsp3) is 1.00. The Balaban J connectivity index is 3.49. The van der Waals surface area contributed by atoms with Gasteiger partial charge in [-0.1, -0.05) is 104 Å². The zero-order valence-corrected chi connectivity index (χ0v) is 23.1. The standard InChI is InChI=1S/C26H57NO3Si/c1-7-8-9-10-11-12-13-14-15-16-17-20-25(2)21-18-22-26(3)27-23-19-24-31(28-4,29-5)30-6/h25-27H,7-24H2,1-6H3. The van der Waals surface area contributed by atoms with E-state index in [0.29, 0.717) is 6.04 Å². The molecule has 0 aromatic rings. The van der Waals surface area contributed by atoms with Gasteiger partial charge in [-0.3, -0.25) is 0 Å². The van der Waals surface area contributed by atoms with E-state index in [2.05, 4.69) is 26.1 Å². The second kappa shape index (κ2) is 21.9. The van der Waals surface area contributed by atoms with Crippen LogP contribution in [0.5, 0.6) is 0 Å². The highest BCUT2D eigenvalue weighted by atomic mass is 28.4. The molecule has 0 fully saturated rings. The fourth-order valence-corrected chi connectivity index (χ4v) is 6.11. The fourth-order valence-electron chi connectivity index (χ4n) is 4.39. The van der Waals surface area contributed by atoms with Gasteiger partial charge < -0.3 is 18.6 Å². The quantitative estimate of drug-likeness (QED) is 0.118. The molecule has 0 aliphatic carbocycles. The minimum atomic E-state index is -2.40. The lowest BCUT2D eigenvalue weighted by Gasteiger charge is -2.24. The zero-order valence-electron chi connectivity index (χ0n) is 22.1. The first-order chi connectivity index (χ1) is 15.0. The summed E-state index contributed by atoms with van der Waals surface area (Å²) in [5.41, 5.74) is 0. The lowest BCUT2D eigenvalue weighted by molar-refractivity contribution is 0.123. The van der Waals surface area contributed by atoms with Crippen molar-refractivity contribution in [1.29, 1.82) is 0 Å². The van der Waals surface area contributed by atoms with Crippen molar-refractivity contribution in [1.82, 2.24) is 5.32 Å². The van der Waals surface area contributed by atoms with Crippen LogP contribution in [0.1, 0.15) is 124 Å². The molecular formula is C26H57NO3Si. The van der Waals surface area contributed by atoms with Crippen LogP contribution < -0.4 is 5.32 Å². The summed E-state index contributed by atoms with van der Waals surface area (Å²) < 4.78 is 16.4. The number of hydrogen-bond donors (Lipinski definition) is 1. The molecule has 5 heteroatoms. The molecule has 0 aliphatic rings. The minimum Gasteiger partial charge on any atom is -0.377 e. The summed E-state index contributed by atoms with van der Waals surface area (Å²) in [5.74, 6) is 0.877. The van der Waals surface area contributed by atoms with Crippen molar-refractivity contribution in [2.24, 2.45) is 5.92 Å². The van der Waals surface area contributed by atoms with Crippen LogP contribution in [0.3, 0.4) is 0 Å². The molecule has 0 aromatic carbocycles. The molecule has 0 saturated heterocycles. The topological polar surface area (TPSA) is 39.7 Å². The van der Waals surface area contributed by atoms with E-state index in [9.17, 15) is 0 Å². The lowest BCUT2D eigenvalue weighted by Crippen LogP contribution is -2.43. The Morgan fingerprint density at radius 3 is 1.61 bits per heavy atom. The average molecular weight is 460 g/mol. The molecule has 31 heavy (non-hydrogen) atoms. The van der Waals surface area contributed by atoms with Gasteiger partial charge in [-0.25, -0.2) is 0 Å². The van der Waals surface area contributed by atoms with Crippen molar-refractivity contribution in [2.45, 2.75) is 136 Å². The van der Waals surface area contributed by atoms with Gasteiger partial charge >= 0.3 is 8.80 Å². The molecule has 0 spiro atoms. The second-order valence-corrected chi connectivity index (χ2v) is 12.7. The molecule has 0 aromatic heterocycles. The van der Waals surface area contributed by atoms with Crippen LogP contribution in [0.2, 0.25) is 6.04 Å². The van der Waals surface area contributed by atoms with Gasteiger partial charge in [-0.2, -0.15) is 0 Å². The highest BCUT2D eigenvalue weighted by Crippen LogP contribution is 2.19. The van der Waals surface area contributed by atoms with Crippen LogP contribution in [0.25, 0.3) is 0 Å². The van der Waals surface area contributed by atoms with Crippen molar-refractivity contribution in [2.75, 3.05) is 27.9 Å². The third kappa shape index (κ3) is 18.2. The summed E-state index contributed by atoms with van der Waals surface area (Å²) in [6.07, 6.45) is 22.2. The molecule has 4 nitrogen and oxygen atoms in total. The van der Waals surface area contributed by atoms with Gasteiger partial charge in [0.1, 0.15) is 0 Å². The Labute approximate surface area is 197 Å². The number of hydrogen-bond acceptors (Lipinski definition) is 4. The molecule has 0 rings (SSSR count). The van der Waals surface area contributed by atoms with E-state index >= 15 is 0 Å². The van der Waals surface area contributed by atoms with Gasteiger partial charge in [0.05, 0.1) is 0 Å². The third-order valence-corrected chi connectivity index (χ3v) is 9.55. The molecule has 0 radical (unpaired) electrons. The Morgan fingerprint density at radius 1 is 0.613 bits per heavy atom. The maximum atomic E-state index is 5.48. The van der Waals surface area contributed by atoms with Gasteiger partial charge in [0.25, 0.3) is 0 Å². The predicted octanol–water partition coefficient (Wildman–Crippen LogP) is 7.74. The van der Waals surface area contributed by atoms with Gasteiger partial charge in [-0.05, 0) is 32.2 Å². The van der Waals surface area contributed by atoms with E-state index in [4.69, 9.17) is 13.3 Å².